The molecule has 5 heterocycles. The van der Waals surface area contributed by atoms with Crippen LogP contribution in [0.15, 0.2) is 139 Å². The number of fused-ring (bicyclic) bond motifs is 2. The van der Waals surface area contributed by atoms with Crippen LogP contribution in [-0.2, 0) is 34.4 Å². The third kappa shape index (κ3) is 10.4. The van der Waals surface area contributed by atoms with Gasteiger partial charge in [-0.15, -0.1) is 0 Å². The lowest BCUT2D eigenvalue weighted by Crippen LogP contribution is -2.43. The molecule has 78 heavy (non-hydrogen) atoms. The number of benzene rings is 4. The minimum absolute atomic E-state index is 0.0321. The van der Waals surface area contributed by atoms with E-state index in [9.17, 15) is 22.8 Å². The molecule has 8 aromatic rings. The Morgan fingerprint density at radius 1 is 0.795 bits per heavy atom. The smallest absolute Gasteiger partial charge is 0.336 e. The molecule has 1 saturated heterocycles. The van der Waals surface area contributed by atoms with Crippen molar-refractivity contribution in [1.29, 1.82) is 0 Å². The van der Waals surface area contributed by atoms with Crippen molar-refractivity contribution in [3.8, 4) is 11.5 Å². The predicted octanol–water partition coefficient (Wildman–Crippen LogP) is 8.17. The van der Waals surface area contributed by atoms with Gasteiger partial charge >= 0.3 is 10.3 Å². The van der Waals surface area contributed by atoms with Crippen LogP contribution in [0.3, 0.4) is 0 Å². The number of amides is 2. The highest BCUT2D eigenvalue weighted by Gasteiger charge is 2.51. The zero-order valence-electron chi connectivity index (χ0n) is 44.2. The molecule has 2 fully saturated rings. The van der Waals surface area contributed by atoms with Crippen LogP contribution in [-0.4, -0.2) is 93.4 Å². The van der Waals surface area contributed by atoms with E-state index in [-0.39, 0.29) is 47.4 Å². The number of anilines is 2. The molecule has 0 bridgehead atoms. The van der Waals surface area contributed by atoms with Crippen molar-refractivity contribution in [3.63, 3.8) is 0 Å². The second-order valence-corrected chi connectivity index (χ2v) is 21.5. The van der Waals surface area contributed by atoms with Crippen LogP contribution in [0.5, 0.6) is 11.5 Å². The van der Waals surface area contributed by atoms with Crippen molar-refractivity contribution in [1.82, 2.24) is 38.8 Å². The normalized spacial score (nSPS) is 21.5. The Bertz CT molecular complexity index is 3550. The predicted molar refractivity (Wildman–Crippen MR) is 292 cm³/mol. The van der Waals surface area contributed by atoms with E-state index < -0.39 is 63.8 Å². The standard InChI is InChI=1S/C57H62N10O10S/c1-8-45-35(5)48(55(75-45)67-32-60-46-51(67)63-56(65-54(46)70)64-52(68)33(2)3)77-78(71,72)61-30-37-29-44(66-28-27-43-49(58-31-59-50(43)66)62-53(69)36-15-11-9-12-16-36)34(4)47(37)76-57(38-17-13-10-14-18-38,39-19-23-41(73-6)24-20-39)40-21-25-42(74-7)26-22-40/h9-28,31-35,37,44-45,47-48,55,61H,8,29-30H2,1-7H3,(H,58,59,62,69)(H2,63,64,65,68,70)/t34-,35+,37+,44+,45+,47-,48+,55+/m0/s1. The van der Waals surface area contributed by atoms with E-state index in [1.807, 2.05) is 116 Å². The summed E-state index contributed by atoms with van der Waals surface area (Å²) in [5.41, 5.74) is 1.60. The van der Waals surface area contributed by atoms with Crippen molar-refractivity contribution in [2.75, 3.05) is 31.4 Å². The van der Waals surface area contributed by atoms with Gasteiger partial charge in [0.1, 0.15) is 41.0 Å². The summed E-state index contributed by atoms with van der Waals surface area (Å²) in [6.45, 7) is 9.15. The van der Waals surface area contributed by atoms with E-state index in [4.69, 9.17) is 28.1 Å². The number of methoxy groups -OCH3 is 2. The number of aromatic amines is 1. The zero-order chi connectivity index (χ0) is 54.9. The van der Waals surface area contributed by atoms with Crippen molar-refractivity contribution in [3.05, 3.63) is 167 Å². The Hall–Kier alpha value is -7.82. The Balaban J connectivity index is 1.02. The van der Waals surface area contributed by atoms with Gasteiger partial charge in [-0.3, -0.25) is 29.3 Å². The van der Waals surface area contributed by atoms with Crippen LogP contribution in [0.2, 0.25) is 0 Å². The molecule has 1 aliphatic heterocycles. The minimum Gasteiger partial charge on any atom is -0.497 e. The first-order valence-corrected chi connectivity index (χ1v) is 27.3. The lowest BCUT2D eigenvalue weighted by Gasteiger charge is -2.41. The van der Waals surface area contributed by atoms with Gasteiger partial charge < -0.3 is 28.8 Å². The average molecular weight is 1080 g/mol. The SMILES string of the molecule is CC[C@H]1O[C@@H](n2cnc3c(=O)[nH]c(NC(=O)C(C)C)nc32)[C@H](OS(=O)(=O)NC[C@H]2C[C@@H](n3ccc4c(NC(=O)c5ccccc5)ncnc43)[C@H](C)[C@@H]2OC(c2ccccc2)(c2ccc(OC)cc2)c2ccc(OC)cc2)[C@@H]1C. The highest BCUT2D eigenvalue weighted by atomic mass is 32.2. The number of ether oxygens (including phenoxy) is 4. The van der Waals surface area contributed by atoms with Crippen molar-refractivity contribution >= 4 is 56.1 Å². The van der Waals surface area contributed by atoms with Gasteiger partial charge in [0, 0.05) is 48.0 Å². The maximum Gasteiger partial charge on any atom is 0.336 e. The molecule has 8 atom stereocenters. The first-order valence-electron chi connectivity index (χ1n) is 25.9. The number of nitrogens with zero attached hydrogens (tertiary/aromatic N) is 6. The van der Waals surface area contributed by atoms with Crippen molar-refractivity contribution < 1.29 is 41.1 Å². The third-order valence-corrected chi connectivity index (χ3v) is 16.1. The lowest BCUT2D eigenvalue weighted by molar-refractivity contribution is -0.118. The Morgan fingerprint density at radius 2 is 1.44 bits per heavy atom. The highest BCUT2D eigenvalue weighted by Crippen LogP contribution is 2.50. The van der Waals surface area contributed by atoms with Crippen molar-refractivity contribution in [2.45, 2.75) is 83.6 Å². The summed E-state index contributed by atoms with van der Waals surface area (Å²) in [5.74, 6) is -0.825. The van der Waals surface area contributed by atoms with Gasteiger partial charge in [-0.05, 0) is 72.0 Å². The van der Waals surface area contributed by atoms with Gasteiger partial charge in [0.15, 0.2) is 17.4 Å². The van der Waals surface area contributed by atoms with Gasteiger partial charge in [0.2, 0.25) is 11.9 Å². The number of nitrogens with one attached hydrogen (secondary N) is 4. The van der Waals surface area contributed by atoms with Crippen LogP contribution in [0.25, 0.3) is 22.2 Å². The number of hydrogen-bond donors (Lipinski definition) is 4. The van der Waals surface area contributed by atoms with Crippen LogP contribution < -0.4 is 30.4 Å². The van der Waals surface area contributed by atoms with Gasteiger partial charge in [-0.25, -0.2) is 19.1 Å². The molecule has 0 radical (unpaired) electrons. The van der Waals surface area contributed by atoms with Gasteiger partial charge in [0.05, 0.1) is 38.1 Å². The summed E-state index contributed by atoms with van der Waals surface area (Å²) in [6, 6.07) is 35.8. The monoisotopic (exact) mass is 1080 g/mol. The van der Waals surface area contributed by atoms with Gasteiger partial charge in [-0.2, -0.15) is 18.1 Å². The number of rotatable bonds is 19. The van der Waals surface area contributed by atoms with E-state index >= 15 is 0 Å². The topological polar surface area (TPSA) is 245 Å². The number of carbonyl (C=O) groups is 2. The first kappa shape index (κ1) is 53.6. The molecular weight excluding hydrogens is 1020 g/mol. The maximum atomic E-state index is 14.7. The largest absolute Gasteiger partial charge is 0.497 e. The molecule has 0 unspecified atom stereocenters. The molecule has 10 rings (SSSR count). The van der Waals surface area contributed by atoms with Crippen molar-refractivity contribution in [2.24, 2.45) is 23.7 Å². The summed E-state index contributed by atoms with van der Waals surface area (Å²) in [6.07, 6.45) is 2.30. The molecule has 1 aliphatic carbocycles. The van der Waals surface area contributed by atoms with Crippen LogP contribution in [0, 0.1) is 23.7 Å². The number of aromatic nitrogens is 7. The summed E-state index contributed by atoms with van der Waals surface area (Å²) in [7, 11) is -1.38. The fraction of sp³-hybridized carbons (Fsp3) is 0.351. The van der Waals surface area contributed by atoms with Crippen LogP contribution >= 0.6 is 0 Å². The Morgan fingerprint density at radius 3 is 2.06 bits per heavy atom. The van der Waals surface area contributed by atoms with E-state index in [1.54, 1.807) is 52.3 Å². The summed E-state index contributed by atoms with van der Waals surface area (Å²) >= 11 is 0. The zero-order valence-corrected chi connectivity index (χ0v) is 45.0. The van der Waals surface area contributed by atoms with E-state index in [1.165, 1.54) is 17.2 Å². The first-order chi connectivity index (χ1) is 37.6. The summed E-state index contributed by atoms with van der Waals surface area (Å²) in [5, 5.41) is 6.21. The van der Waals surface area contributed by atoms with Gasteiger partial charge in [0.25, 0.3) is 11.5 Å². The summed E-state index contributed by atoms with van der Waals surface area (Å²) in [4.78, 5) is 59.9. The molecule has 4 N–H and O–H groups in total. The average Bonchev–Trinajstić information content (AvgIpc) is 4.40. The Labute approximate surface area is 451 Å². The molecule has 0 spiro atoms. The maximum absolute atomic E-state index is 14.7. The minimum atomic E-state index is -4.60. The molecule has 20 nitrogen and oxygen atoms in total. The fourth-order valence-corrected chi connectivity index (χ4v) is 12.0. The number of hydrogen-bond acceptors (Lipinski definition) is 14. The summed E-state index contributed by atoms with van der Waals surface area (Å²) < 4.78 is 67.5. The van der Waals surface area contributed by atoms with E-state index in [0.29, 0.717) is 46.8 Å². The molecular formula is C57H62N10O10S. The van der Waals surface area contributed by atoms with E-state index in [0.717, 1.165) is 16.7 Å². The highest BCUT2D eigenvalue weighted by molar-refractivity contribution is 7.84. The molecule has 2 aliphatic rings. The second kappa shape index (κ2) is 22.3. The van der Waals surface area contributed by atoms with Crippen LogP contribution in [0.4, 0.5) is 11.8 Å². The molecule has 406 valence electrons. The van der Waals surface area contributed by atoms with Crippen LogP contribution in [0.1, 0.15) is 86.8 Å². The molecule has 4 aromatic carbocycles. The molecule has 2 amide bonds. The second-order valence-electron chi connectivity index (χ2n) is 20.1. The van der Waals surface area contributed by atoms with Gasteiger partial charge in [-0.1, -0.05) is 107 Å². The third-order valence-electron chi connectivity index (χ3n) is 15.1. The van der Waals surface area contributed by atoms with E-state index in [2.05, 4.69) is 42.2 Å². The lowest BCUT2D eigenvalue weighted by atomic mass is 9.79. The molecule has 4 aromatic heterocycles. The Kier molecular flexibility index (Phi) is 15.3. The quantitative estimate of drug-likeness (QED) is 0.0559. The fourth-order valence-electron chi connectivity index (χ4n) is 10.9. The number of carbonyl (C=O) groups excluding carboxylic acids is 2. The number of imidazole rings is 1. The molecule has 21 heteroatoms. The number of H-pyrrole nitrogens is 1. The molecule has 1 saturated carbocycles.